The second kappa shape index (κ2) is 8.30. The molecule has 166 valence electrons. The predicted octanol–water partition coefficient (Wildman–Crippen LogP) is 3.52. The van der Waals surface area contributed by atoms with Crippen LogP contribution in [0.3, 0.4) is 0 Å². The van der Waals surface area contributed by atoms with Gasteiger partial charge in [-0.05, 0) is 54.4 Å². The van der Waals surface area contributed by atoms with Crippen molar-refractivity contribution in [1.29, 1.82) is 0 Å². The lowest BCUT2D eigenvalue weighted by atomic mass is 9.98. The van der Waals surface area contributed by atoms with Crippen LogP contribution in [0.5, 0.6) is 0 Å². The van der Waals surface area contributed by atoms with Crippen molar-refractivity contribution >= 4 is 18.0 Å². The van der Waals surface area contributed by atoms with E-state index < -0.39 is 24.1 Å². The van der Waals surface area contributed by atoms with Crippen LogP contribution in [-0.4, -0.2) is 52.7 Å². The van der Waals surface area contributed by atoms with Crippen molar-refractivity contribution < 1.29 is 24.2 Å². The molecule has 7 heteroatoms. The largest absolute Gasteiger partial charge is 0.480 e. The van der Waals surface area contributed by atoms with Gasteiger partial charge in [-0.3, -0.25) is 4.79 Å². The molecule has 2 aromatic rings. The number of hydrogen-bond acceptors (Lipinski definition) is 4. The first-order chi connectivity index (χ1) is 15.5. The Bertz CT molecular complexity index is 1020. The Balaban J connectivity index is 1.26. The summed E-state index contributed by atoms with van der Waals surface area (Å²) in [5, 5.41) is 12.2. The lowest BCUT2D eigenvalue weighted by molar-refractivity contribution is -0.150. The Labute approximate surface area is 186 Å². The fraction of sp³-hybridized carbons (Fsp3) is 0.400. The summed E-state index contributed by atoms with van der Waals surface area (Å²) < 4.78 is 5.58. The molecule has 3 aliphatic rings. The van der Waals surface area contributed by atoms with Crippen molar-refractivity contribution in [1.82, 2.24) is 10.2 Å². The van der Waals surface area contributed by atoms with Crippen LogP contribution in [-0.2, 0) is 14.3 Å². The molecule has 2 saturated heterocycles. The first-order valence-electron chi connectivity index (χ1n) is 11.2. The first-order valence-corrected chi connectivity index (χ1v) is 11.2. The van der Waals surface area contributed by atoms with Gasteiger partial charge in [0.25, 0.3) is 0 Å². The minimum absolute atomic E-state index is 0.0575. The summed E-state index contributed by atoms with van der Waals surface area (Å²) in [7, 11) is 0. The van der Waals surface area contributed by atoms with Gasteiger partial charge >= 0.3 is 12.1 Å². The summed E-state index contributed by atoms with van der Waals surface area (Å²) in [6.07, 6.45) is 2.52. The molecule has 0 unspecified atom stereocenters. The summed E-state index contributed by atoms with van der Waals surface area (Å²) in [5.74, 6) is -1.36. The zero-order valence-electron chi connectivity index (χ0n) is 17.7. The normalized spacial score (nSPS) is 24.3. The maximum absolute atomic E-state index is 13.1. The molecule has 0 aromatic heterocycles. The average Bonchev–Trinajstić information content (AvgIpc) is 3.32. The van der Waals surface area contributed by atoms with Crippen molar-refractivity contribution in [3.05, 3.63) is 59.7 Å². The van der Waals surface area contributed by atoms with Crippen molar-refractivity contribution in [2.24, 2.45) is 0 Å². The van der Waals surface area contributed by atoms with Crippen LogP contribution >= 0.6 is 0 Å². The number of aliphatic carboxylic acids is 1. The molecular formula is C25H26N2O5. The van der Waals surface area contributed by atoms with E-state index in [0.29, 0.717) is 19.3 Å². The minimum Gasteiger partial charge on any atom is -0.480 e. The maximum Gasteiger partial charge on any atom is 0.407 e. The van der Waals surface area contributed by atoms with Gasteiger partial charge in [0, 0.05) is 12.0 Å². The lowest BCUT2D eigenvalue weighted by Crippen LogP contribution is -2.52. The number of alkyl carbamates (subject to hydrolysis) is 1. The van der Waals surface area contributed by atoms with Crippen LogP contribution in [0, 0.1) is 0 Å². The third kappa shape index (κ3) is 3.51. The van der Waals surface area contributed by atoms with E-state index in [2.05, 4.69) is 29.6 Å². The standard InChI is InChI=1S/C25H26N2O5/c28-23-21(11-5-6-15-12-13-22(24(29)30)27(15)23)26-25(31)32-14-20-18-9-3-1-7-16(18)17-8-2-4-10-19(17)20/h1-4,7-10,15,20-22H,5-6,11-14H2,(H,26,31)(H,29,30)/t15-,21-,22-/m0/s1. The van der Waals surface area contributed by atoms with Crippen molar-refractivity contribution in [3.63, 3.8) is 0 Å². The quantitative estimate of drug-likeness (QED) is 0.768. The van der Waals surface area contributed by atoms with E-state index in [0.717, 1.165) is 35.1 Å². The monoisotopic (exact) mass is 434 g/mol. The van der Waals surface area contributed by atoms with Gasteiger partial charge in [0.05, 0.1) is 0 Å². The molecule has 2 fully saturated rings. The molecule has 0 saturated carbocycles. The molecule has 32 heavy (non-hydrogen) atoms. The van der Waals surface area contributed by atoms with Gasteiger partial charge in [0.1, 0.15) is 18.7 Å². The topological polar surface area (TPSA) is 95.9 Å². The Morgan fingerprint density at radius 3 is 2.28 bits per heavy atom. The van der Waals surface area contributed by atoms with Crippen LogP contribution in [0.1, 0.15) is 49.1 Å². The number of nitrogens with zero attached hydrogens (tertiary/aromatic N) is 1. The maximum atomic E-state index is 13.1. The van der Waals surface area contributed by atoms with E-state index >= 15 is 0 Å². The Hall–Kier alpha value is -3.35. The second-order valence-corrected chi connectivity index (χ2v) is 8.78. The fourth-order valence-electron chi connectivity index (χ4n) is 5.52. The number of hydrogen-bond donors (Lipinski definition) is 2. The number of fused-ring (bicyclic) bond motifs is 4. The van der Waals surface area contributed by atoms with Crippen LogP contribution < -0.4 is 5.32 Å². The van der Waals surface area contributed by atoms with Crippen molar-refractivity contribution in [2.75, 3.05) is 6.61 Å². The molecule has 2 N–H and O–H groups in total. The molecule has 1 aliphatic carbocycles. The molecule has 2 heterocycles. The van der Waals surface area contributed by atoms with Crippen molar-refractivity contribution in [2.45, 2.75) is 56.1 Å². The van der Waals surface area contributed by atoms with Crippen LogP contribution in [0.2, 0.25) is 0 Å². The number of nitrogens with one attached hydrogen (secondary N) is 1. The third-order valence-electron chi connectivity index (χ3n) is 7.01. The highest BCUT2D eigenvalue weighted by Gasteiger charge is 2.45. The molecule has 5 rings (SSSR count). The van der Waals surface area contributed by atoms with Gasteiger partial charge in [0.2, 0.25) is 5.91 Å². The number of carbonyl (C=O) groups excluding carboxylic acids is 2. The number of ether oxygens (including phenoxy) is 1. The predicted molar refractivity (Wildman–Crippen MR) is 117 cm³/mol. The highest BCUT2D eigenvalue weighted by Crippen LogP contribution is 2.44. The zero-order valence-corrected chi connectivity index (χ0v) is 17.7. The average molecular weight is 434 g/mol. The minimum atomic E-state index is -0.984. The van der Waals surface area contributed by atoms with Gasteiger partial charge in [-0.25, -0.2) is 9.59 Å². The highest BCUT2D eigenvalue weighted by molar-refractivity contribution is 5.90. The number of carboxylic acid groups (broad SMARTS) is 1. The van der Waals surface area contributed by atoms with Gasteiger partial charge in [-0.2, -0.15) is 0 Å². The van der Waals surface area contributed by atoms with E-state index in [4.69, 9.17) is 4.74 Å². The molecule has 0 spiro atoms. The summed E-state index contributed by atoms with van der Waals surface area (Å²) in [4.78, 5) is 38.8. The van der Waals surface area contributed by atoms with Gasteiger partial charge in [-0.1, -0.05) is 48.5 Å². The Morgan fingerprint density at radius 1 is 0.969 bits per heavy atom. The number of benzene rings is 2. The lowest BCUT2D eigenvalue weighted by Gasteiger charge is -2.29. The number of carbonyl (C=O) groups is 3. The number of amides is 2. The molecule has 0 bridgehead atoms. The Morgan fingerprint density at radius 2 is 1.62 bits per heavy atom. The number of rotatable bonds is 4. The van der Waals surface area contributed by atoms with E-state index in [1.165, 1.54) is 4.90 Å². The smallest absolute Gasteiger partial charge is 0.407 e. The van der Waals surface area contributed by atoms with E-state index in [9.17, 15) is 19.5 Å². The zero-order chi connectivity index (χ0) is 22.2. The molecule has 3 atom stereocenters. The summed E-state index contributed by atoms with van der Waals surface area (Å²) in [6.45, 7) is 0.171. The fourth-order valence-corrected chi connectivity index (χ4v) is 5.52. The second-order valence-electron chi connectivity index (χ2n) is 8.78. The Kier molecular flexibility index (Phi) is 5.33. The van der Waals surface area contributed by atoms with Crippen LogP contribution in [0.15, 0.2) is 48.5 Å². The van der Waals surface area contributed by atoms with E-state index in [1.807, 2.05) is 24.3 Å². The van der Waals surface area contributed by atoms with Crippen LogP contribution in [0.25, 0.3) is 11.1 Å². The van der Waals surface area contributed by atoms with Crippen LogP contribution in [0.4, 0.5) is 4.79 Å². The molecule has 7 nitrogen and oxygen atoms in total. The van der Waals surface area contributed by atoms with E-state index in [-0.39, 0.29) is 24.5 Å². The molecule has 2 aromatic carbocycles. The van der Waals surface area contributed by atoms with Gasteiger partial charge in [-0.15, -0.1) is 0 Å². The van der Waals surface area contributed by atoms with E-state index in [1.54, 1.807) is 0 Å². The summed E-state index contributed by atoms with van der Waals surface area (Å²) in [6, 6.07) is 14.6. The molecule has 2 amide bonds. The summed E-state index contributed by atoms with van der Waals surface area (Å²) >= 11 is 0. The highest BCUT2D eigenvalue weighted by atomic mass is 16.5. The molecular weight excluding hydrogens is 408 g/mol. The molecule has 2 aliphatic heterocycles. The first kappa shape index (κ1) is 20.5. The number of carboxylic acids is 1. The molecule has 0 radical (unpaired) electrons. The third-order valence-corrected chi connectivity index (χ3v) is 7.01. The summed E-state index contributed by atoms with van der Waals surface area (Å²) in [5.41, 5.74) is 4.54. The van der Waals surface area contributed by atoms with Gasteiger partial charge < -0.3 is 20.1 Å². The van der Waals surface area contributed by atoms with Gasteiger partial charge in [0.15, 0.2) is 0 Å². The SMILES string of the molecule is O=C(N[C@H]1CCC[C@H]2CC[C@@H](C(=O)O)N2C1=O)OCC1c2ccccc2-c2ccccc21. The van der Waals surface area contributed by atoms with Crippen molar-refractivity contribution in [3.8, 4) is 11.1 Å².